The number of halogens is 2. The minimum Gasteiger partial charge on any atom is -0.478 e. The second kappa shape index (κ2) is 4.58. The summed E-state index contributed by atoms with van der Waals surface area (Å²) in [5.41, 5.74) is 1.04. The molecule has 0 amide bonds. The number of hydrogen-bond donors (Lipinski definition) is 1. The van der Waals surface area contributed by atoms with Gasteiger partial charge in [-0.25, -0.2) is 4.79 Å². The van der Waals surface area contributed by atoms with Crippen molar-refractivity contribution in [3.8, 4) is 6.07 Å². The predicted molar refractivity (Wildman–Crippen MR) is 58.4 cm³/mol. The van der Waals surface area contributed by atoms with E-state index >= 15 is 0 Å². The van der Waals surface area contributed by atoms with E-state index < -0.39 is 5.97 Å². The molecule has 0 heterocycles. The van der Waals surface area contributed by atoms with Crippen molar-refractivity contribution in [1.29, 1.82) is 5.26 Å². The molecule has 0 aliphatic carbocycles. The van der Waals surface area contributed by atoms with E-state index in [-0.39, 0.29) is 11.1 Å². The molecule has 0 radical (unpaired) electrons. The van der Waals surface area contributed by atoms with Gasteiger partial charge in [0.1, 0.15) is 6.07 Å². The number of nitrogens with zero attached hydrogens (tertiary/aromatic N) is 1. The van der Waals surface area contributed by atoms with Gasteiger partial charge in [-0.1, -0.05) is 15.9 Å². The van der Waals surface area contributed by atoms with Gasteiger partial charge in [-0.2, -0.15) is 5.26 Å². The van der Waals surface area contributed by atoms with Crippen LogP contribution in [0.2, 0.25) is 0 Å². The van der Waals surface area contributed by atoms with Crippen LogP contribution in [-0.2, 0) is 5.33 Å². The van der Waals surface area contributed by atoms with Crippen molar-refractivity contribution in [3.05, 3.63) is 33.3 Å². The monoisotopic (exact) mass is 317 g/mol. The molecule has 0 aromatic heterocycles. The molecule has 1 aromatic rings. The van der Waals surface area contributed by atoms with Gasteiger partial charge in [0.15, 0.2) is 0 Å². The van der Waals surface area contributed by atoms with Crippen molar-refractivity contribution >= 4 is 37.8 Å². The quantitative estimate of drug-likeness (QED) is 0.853. The first-order valence-electron chi connectivity index (χ1n) is 3.62. The van der Waals surface area contributed by atoms with E-state index in [9.17, 15) is 4.79 Å². The van der Waals surface area contributed by atoms with E-state index in [1.807, 2.05) is 6.07 Å². The SMILES string of the molecule is N#Cc1cc(CBr)cc(Br)c1C(=O)O. The summed E-state index contributed by atoms with van der Waals surface area (Å²) in [7, 11) is 0. The molecule has 14 heavy (non-hydrogen) atoms. The van der Waals surface area contributed by atoms with Crippen LogP contribution in [0.5, 0.6) is 0 Å². The zero-order chi connectivity index (χ0) is 10.7. The summed E-state index contributed by atoms with van der Waals surface area (Å²) in [6, 6.07) is 5.10. The maximum Gasteiger partial charge on any atom is 0.338 e. The summed E-state index contributed by atoms with van der Waals surface area (Å²) in [6.07, 6.45) is 0. The van der Waals surface area contributed by atoms with Crippen molar-refractivity contribution < 1.29 is 9.90 Å². The highest BCUT2D eigenvalue weighted by atomic mass is 79.9. The largest absolute Gasteiger partial charge is 0.478 e. The fourth-order valence-electron chi connectivity index (χ4n) is 1.05. The lowest BCUT2D eigenvalue weighted by Crippen LogP contribution is -2.02. The molecule has 1 N–H and O–H groups in total. The Morgan fingerprint density at radius 2 is 2.21 bits per heavy atom. The molecule has 3 nitrogen and oxygen atoms in total. The van der Waals surface area contributed by atoms with Gasteiger partial charge in [0.25, 0.3) is 0 Å². The van der Waals surface area contributed by atoms with Crippen molar-refractivity contribution in [2.45, 2.75) is 5.33 Å². The molecule has 0 bridgehead atoms. The molecule has 0 unspecified atom stereocenters. The van der Waals surface area contributed by atoms with Crippen molar-refractivity contribution in [1.82, 2.24) is 0 Å². The highest BCUT2D eigenvalue weighted by Crippen LogP contribution is 2.24. The highest BCUT2D eigenvalue weighted by molar-refractivity contribution is 9.10. The van der Waals surface area contributed by atoms with E-state index in [4.69, 9.17) is 10.4 Å². The number of aromatic carboxylic acids is 1. The van der Waals surface area contributed by atoms with Gasteiger partial charge in [0, 0.05) is 9.80 Å². The Hall–Kier alpha value is -0.860. The average molecular weight is 319 g/mol. The number of benzene rings is 1. The van der Waals surface area contributed by atoms with Crippen LogP contribution >= 0.6 is 31.9 Å². The van der Waals surface area contributed by atoms with Gasteiger partial charge in [0.2, 0.25) is 0 Å². The summed E-state index contributed by atoms with van der Waals surface area (Å²) in [5, 5.41) is 18.2. The molecule has 0 aliphatic heterocycles. The summed E-state index contributed by atoms with van der Waals surface area (Å²) in [5.74, 6) is -1.10. The molecule has 0 spiro atoms. The smallest absolute Gasteiger partial charge is 0.338 e. The summed E-state index contributed by atoms with van der Waals surface area (Å²) < 4.78 is 0.429. The summed E-state index contributed by atoms with van der Waals surface area (Å²) >= 11 is 6.37. The van der Waals surface area contributed by atoms with Crippen LogP contribution in [0.3, 0.4) is 0 Å². The fraction of sp³-hybridized carbons (Fsp3) is 0.111. The second-order valence-electron chi connectivity index (χ2n) is 2.55. The number of carboxylic acids is 1. The molecule has 0 saturated heterocycles. The van der Waals surface area contributed by atoms with Crippen LogP contribution in [0.25, 0.3) is 0 Å². The third kappa shape index (κ3) is 2.14. The number of carboxylic acid groups (broad SMARTS) is 1. The normalized spacial score (nSPS) is 9.50. The Morgan fingerprint density at radius 1 is 1.57 bits per heavy atom. The van der Waals surface area contributed by atoms with E-state index in [1.165, 1.54) is 0 Å². The van der Waals surface area contributed by atoms with Crippen molar-refractivity contribution in [2.75, 3.05) is 0 Å². The number of nitriles is 1. The Morgan fingerprint density at radius 3 is 2.64 bits per heavy atom. The summed E-state index contributed by atoms with van der Waals surface area (Å²) in [6.45, 7) is 0. The molecule has 5 heteroatoms. The first kappa shape index (κ1) is 11.2. The van der Waals surface area contributed by atoms with Crippen LogP contribution in [0.4, 0.5) is 0 Å². The Labute approximate surface area is 97.6 Å². The first-order valence-corrected chi connectivity index (χ1v) is 5.53. The van der Waals surface area contributed by atoms with Crippen LogP contribution in [0, 0.1) is 11.3 Å². The van der Waals surface area contributed by atoms with Crippen LogP contribution in [0.1, 0.15) is 21.5 Å². The lowest BCUT2D eigenvalue weighted by atomic mass is 10.1. The number of rotatable bonds is 2. The van der Waals surface area contributed by atoms with Gasteiger partial charge < -0.3 is 5.11 Å². The fourth-order valence-corrected chi connectivity index (χ4v) is 2.05. The van der Waals surface area contributed by atoms with Gasteiger partial charge in [-0.15, -0.1) is 0 Å². The molecule has 72 valence electrons. The number of alkyl halides is 1. The van der Waals surface area contributed by atoms with E-state index in [2.05, 4.69) is 31.9 Å². The Balaban J connectivity index is 3.44. The maximum absolute atomic E-state index is 10.8. The second-order valence-corrected chi connectivity index (χ2v) is 3.97. The third-order valence-electron chi connectivity index (χ3n) is 1.64. The minimum absolute atomic E-state index is 0.0113. The van der Waals surface area contributed by atoms with Gasteiger partial charge in [-0.05, 0) is 33.6 Å². The van der Waals surface area contributed by atoms with E-state index in [0.717, 1.165) is 5.56 Å². The summed E-state index contributed by atoms with van der Waals surface area (Å²) in [4.78, 5) is 10.8. The van der Waals surface area contributed by atoms with E-state index in [1.54, 1.807) is 12.1 Å². The maximum atomic E-state index is 10.8. The molecule has 1 aromatic carbocycles. The predicted octanol–water partition coefficient (Wildman–Crippen LogP) is 2.91. The minimum atomic E-state index is -1.10. The molecule has 0 aliphatic rings. The van der Waals surface area contributed by atoms with Crippen LogP contribution < -0.4 is 0 Å². The lowest BCUT2D eigenvalue weighted by Gasteiger charge is -2.04. The topological polar surface area (TPSA) is 61.1 Å². The number of hydrogen-bond acceptors (Lipinski definition) is 2. The zero-order valence-corrected chi connectivity index (χ0v) is 10.1. The molecule has 0 atom stereocenters. The van der Waals surface area contributed by atoms with Crippen LogP contribution in [-0.4, -0.2) is 11.1 Å². The first-order chi connectivity index (χ1) is 6.60. The number of carbonyl (C=O) groups is 1. The van der Waals surface area contributed by atoms with E-state index in [0.29, 0.717) is 9.80 Å². The molecule has 0 fully saturated rings. The van der Waals surface area contributed by atoms with Crippen LogP contribution in [0.15, 0.2) is 16.6 Å². The highest BCUT2D eigenvalue weighted by Gasteiger charge is 2.15. The van der Waals surface area contributed by atoms with Gasteiger partial charge in [-0.3, -0.25) is 0 Å². The molecule has 1 rings (SSSR count). The van der Waals surface area contributed by atoms with Crippen molar-refractivity contribution in [3.63, 3.8) is 0 Å². The molecular weight excluding hydrogens is 314 g/mol. The average Bonchev–Trinajstić information content (AvgIpc) is 2.15. The molecule has 0 saturated carbocycles. The lowest BCUT2D eigenvalue weighted by molar-refractivity contribution is 0.0695. The Kier molecular flexibility index (Phi) is 3.67. The van der Waals surface area contributed by atoms with Gasteiger partial charge >= 0.3 is 5.97 Å². The van der Waals surface area contributed by atoms with Crippen molar-refractivity contribution in [2.24, 2.45) is 0 Å². The van der Waals surface area contributed by atoms with Gasteiger partial charge in [0.05, 0.1) is 11.1 Å². The third-order valence-corrected chi connectivity index (χ3v) is 2.91. The molecular formula is C9H5Br2NO2. The standard InChI is InChI=1S/C9H5Br2NO2/c10-3-5-1-6(4-12)8(9(13)14)7(11)2-5/h1-2H,3H2,(H,13,14). The zero-order valence-electron chi connectivity index (χ0n) is 6.92. The Bertz CT molecular complexity index is 424.